The first-order chi connectivity index (χ1) is 10.8. The van der Waals surface area contributed by atoms with Crippen LogP contribution in [0.4, 0.5) is 4.79 Å². The van der Waals surface area contributed by atoms with Crippen LogP contribution in [-0.4, -0.2) is 35.1 Å². The molecule has 1 N–H and O–H groups in total. The summed E-state index contributed by atoms with van der Waals surface area (Å²) < 4.78 is 5.37. The molecule has 6 heteroatoms. The molecule has 0 spiro atoms. The molecular formula is C17H23ClN2O3. The minimum atomic E-state index is -0.571. The lowest BCUT2D eigenvalue weighted by Crippen LogP contribution is -2.47. The summed E-state index contributed by atoms with van der Waals surface area (Å²) in [5, 5.41) is 3.47. The van der Waals surface area contributed by atoms with E-state index in [1.54, 1.807) is 6.07 Å². The highest BCUT2D eigenvalue weighted by molar-refractivity contribution is 6.31. The Morgan fingerprint density at radius 3 is 2.70 bits per heavy atom. The van der Waals surface area contributed by atoms with Crippen LogP contribution in [-0.2, 0) is 16.1 Å². The van der Waals surface area contributed by atoms with Crippen molar-refractivity contribution in [3.8, 4) is 0 Å². The van der Waals surface area contributed by atoms with E-state index in [1.165, 1.54) is 4.90 Å². The fourth-order valence-electron chi connectivity index (χ4n) is 2.52. The van der Waals surface area contributed by atoms with Gasteiger partial charge in [0.25, 0.3) is 0 Å². The van der Waals surface area contributed by atoms with Crippen LogP contribution >= 0.6 is 11.6 Å². The fourth-order valence-corrected chi connectivity index (χ4v) is 2.72. The Morgan fingerprint density at radius 1 is 1.35 bits per heavy atom. The summed E-state index contributed by atoms with van der Waals surface area (Å²) in [7, 11) is 0. The Labute approximate surface area is 141 Å². The molecule has 0 aliphatic carbocycles. The van der Waals surface area contributed by atoms with E-state index in [4.69, 9.17) is 16.3 Å². The van der Waals surface area contributed by atoms with Crippen molar-refractivity contribution in [1.29, 1.82) is 0 Å². The van der Waals surface area contributed by atoms with E-state index in [0.717, 1.165) is 12.0 Å². The maximum atomic E-state index is 12.4. The number of ether oxygens (including phenoxy) is 1. The van der Waals surface area contributed by atoms with Crippen LogP contribution in [0.15, 0.2) is 24.3 Å². The number of likely N-dealkylation sites (tertiary alicyclic amines) is 1. The lowest BCUT2D eigenvalue weighted by Gasteiger charge is -2.28. The molecule has 1 atom stereocenters. The second kappa shape index (κ2) is 7.21. The molecule has 0 saturated carbocycles. The SMILES string of the molecule is CC(C)(C)OC(=O)N1CCC[C@@H]1C(=O)NCc1ccccc1Cl. The first-order valence-corrected chi connectivity index (χ1v) is 8.16. The summed E-state index contributed by atoms with van der Waals surface area (Å²) in [6.07, 6.45) is 1.00. The number of carbonyl (C=O) groups is 2. The molecule has 1 aliphatic rings. The monoisotopic (exact) mass is 338 g/mol. The first-order valence-electron chi connectivity index (χ1n) is 7.78. The zero-order chi connectivity index (χ0) is 17.0. The lowest BCUT2D eigenvalue weighted by atomic mass is 10.2. The van der Waals surface area contributed by atoms with Gasteiger partial charge in [-0.25, -0.2) is 4.79 Å². The molecule has 2 amide bonds. The Balaban J connectivity index is 1.95. The molecule has 1 aromatic carbocycles. The molecule has 1 heterocycles. The number of carbonyl (C=O) groups excluding carboxylic acids is 2. The molecule has 5 nitrogen and oxygen atoms in total. The van der Waals surface area contributed by atoms with Crippen LogP contribution in [0.25, 0.3) is 0 Å². The van der Waals surface area contributed by atoms with Gasteiger partial charge in [0.15, 0.2) is 0 Å². The van der Waals surface area contributed by atoms with Crippen molar-refractivity contribution >= 4 is 23.6 Å². The van der Waals surface area contributed by atoms with Gasteiger partial charge in [-0.05, 0) is 45.2 Å². The summed E-state index contributed by atoms with van der Waals surface area (Å²) in [6.45, 7) is 6.32. The number of nitrogens with zero attached hydrogens (tertiary/aromatic N) is 1. The standard InChI is InChI=1S/C17H23ClN2O3/c1-17(2,3)23-16(22)20-10-6-9-14(20)15(21)19-11-12-7-4-5-8-13(12)18/h4-5,7-8,14H,6,9-11H2,1-3H3,(H,19,21)/t14-/m1/s1. The summed E-state index contributed by atoms with van der Waals surface area (Å²) in [5.41, 5.74) is 0.280. The van der Waals surface area contributed by atoms with Crippen LogP contribution in [0.3, 0.4) is 0 Å². The predicted octanol–water partition coefficient (Wildman–Crippen LogP) is 3.36. The van der Waals surface area contributed by atoms with E-state index in [2.05, 4.69) is 5.32 Å². The van der Waals surface area contributed by atoms with Crippen molar-refractivity contribution in [3.63, 3.8) is 0 Å². The van der Waals surface area contributed by atoms with Crippen LogP contribution in [0, 0.1) is 0 Å². The summed E-state index contributed by atoms with van der Waals surface area (Å²) in [5.74, 6) is -0.173. The zero-order valence-electron chi connectivity index (χ0n) is 13.8. The van der Waals surface area contributed by atoms with E-state index in [1.807, 2.05) is 39.0 Å². The van der Waals surface area contributed by atoms with Gasteiger partial charge in [-0.2, -0.15) is 0 Å². The van der Waals surface area contributed by atoms with Gasteiger partial charge in [0.1, 0.15) is 11.6 Å². The Bertz CT molecular complexity index is 583. The molecule has 2 rings (SSSR count). The molecule has 1 fully saturated rings. The number of amides is 2. The summed E-state index contributed by atoms with van der Waals surface area (Å²) in [6, 6.07) is 6.88. The lowest BCUT2D eigenvalue weighted by molar-refractivity contribution is -0.125. The number of rotatable bonds is 3. The third-order valence-electron chi connectivity index (χ3n) is 3.59. The second-order valence-electron chi connectivity index (χ2n) is 6.64. The highest BCUT2D eigenvalue weighted by atomic mass is 35.5. The molecule has 23 heavy (non-hydrogen) atoms. The van der Waals surface area contributed by atoms with Gasteiger partial charge >= 0.3 is 6.09 Å². The van der Waals surface area contributed by atoms with E-state index in [0.29, 0.717) is 24.5 Å². The second-order valence-corrected chi connectivity index (χ2v) is 7.05. The van der Waals surface area contributed by atoms with Crippen molar-refractivity contribution < 1.29 is 14.3 Å². The van der Waals surface area contributed by atoms with Gasteiger partial charge < -0.3 is 10.1 Å². The Kier molecular flexibility index (Phi) is 5.52. The van der Waals surface area contributed by atoms with E-state index >= 15 is 0 Å². The first kappa shape index (κ1) is 17.6. The van der Waals surface area contributed by atoms with Crippen molar-refractivity contribution in [2.24, 2.45) is 0 Å². The fraction of sp³-hybridized carbons (Fsp3) is 0.529. The average Bonchev–Trinajstić information content (AvgIpc) is 2.94. The van der Waals surface area contributed by atoms with Gasteiger partial charge in [0, 0.05) is 18.1 Å². The van der Waals surface area contributed by atoms with E-state index < -0.39 is 17.7 Å². The molecule has 0 aromatic heterocycles. The molecular weight excluding hydrogens is 316 g/mol. The Hall–Kier alpha value is -1.75. The minimum Gasteiger partial charge on any atom is -0.444 e. The highest BCUT2D eigenvalue weighted by Gasteiger charge is 2.36. The molecule has 1 aromatic rings. The van der Waals surface area contributed by atoms with Crippen molar-refractivity contribution in [2.45, 2.75) is 51.8 Å². The molecule has 1 aliphatic heterocycles. The van der Waals surface area contributed by atoms with E-state index in [9.17, 15) is 9.59 Å². The Morgan fingerprint density at radius 2 is 2.04 bits per heavy atom. The normalized spacial score (nSPS) is 17.9. The molecule has 0 bridgehead atoms. The van der Waals surface area contributed by atoms with Gasteiger partial charge in [0.05, 0.1) is 0 Å². The van der Waals surface area contributed by atoms with Crippen molar-refractivity contribution in [3.05, 3.63) is 34.9 Å². The van der Waals surface area contributed by atoms with Crippen molar-refractivity contribution in [2.75, 3.05) is 6.54 Å². The third kappa shape index (κ3) is 4.86. The average molecular weight is 339 g/mol. The highest BCUT2D eigenvalue weighted by Crippen LogP contribution is 2.21. The van der Waals surface area contributed by atoms with Crippen LogP contribution in [0.2, 0.25) is 5.02 Å². The van der Waals surface area contributed by atoms with Gasteiger partial charge in [-0.1, -0.05) is 29.8 Å². The molecule has 0 radical (unpaired) electrons. The summed E-state index contributed by atoms with van der Waals surface area (Å²) in [4.78, 5) is 26.1. The number of hydrogen-bond donors (Lipinski definition) is 1. The number of benzene rings is 1. The minimum absolute atomic E-state index is 0.173. The van der Waals surface area contributed by atoms with Crippen LogP contribution in [0.5, 0.6) is 0 Å². The maximum absolute atomic E-state index is 12.4. The van der Waals surface area contributed by atoms with Gasteiger partial charge in [0.2, 0.25) is 5.91 Å². The number of nitrogens with one attached hydrogen (secondary N) is 1. The predicted molar refractivity (Wildman–Crippen MR) is 89.3 cm³/mol. The van der Waals surface area contributed by atoms with Crippen LogP contribution in [0.1, 0.15) is 39.2 Å². The van der Waals surface area contributed by atoms with E-state index in [-0.39, 0.29) is 5.91 Å². The molecule has 1 saturated heterocycles. The summed E-state index contributed by atoms with van der Waals surface area (Å²) >= 11 is 6.08. The smallest absolute Gasteiger partial charge is 0.410 e. The van der Waals surface area contributed by atoms with Gasteiger partial charge in [-0.3, -0.25) is 9.69 Å². The number of halogens is 1. The van der Waals surface area contributed by atoms with Crippen molar-refractivity contribution in [1.82, 2.24) is 10.2 Å². The maximum Gasteiger partial charge on any atom is 0.410 e. The molecule has 126 valence electrons. The quantitative estimate of drug-likeness (QED) is 0.919. The molecule has 0 unspecified atom stereocenters. The largest absolute Gasteiger partial charge is 0.444 e. The topological polar surface area (TPSA) is 58.6 Å². The third-order valence-corrected chi connectivity index (χ3v) is 3.96. The van der Waals surface area contributed by atoms with Crippen LogP contribution < -0.4 is 5.32 Å². The van der Waals surface area contributed by atoms with Gasteiger partial charge in [-0.15, -0.1) is 0 Å². The zero-order valence-corrected chi connectivity index (χ0v) is 14.5. The number of hydrogen-bond acceptors (Lipinski definition) is 3.